The van der Waals surface area contributed by atoms with Crippen LogP contribution >= 0.6 is 0 Å². The van der Waals surface area contributed by atoms with Crippen molar-refractivity contribution in [2.75, 3.05) is 32.8 Å². The smallest absolute Gasteiger partial charge is 0.410 e. The van der Waals surface area contributed by atoms with Crippen LogP contribution in [0, 0.1) is 0 Å². The summed E-state index contributed by atoms with van der Waals surface area (Å²) in [5.74, 6) is -0.184. The average molecular weight is 374 g/mol. The van der Waals surface area contributed by atoms with Crippen molar-refractivity contribution < 1.29 is 23.8 Å². The van der Waals surface area contributed by atoms with Crippen LogP contribution in [-0.4, -0.2) is 64.7 Å². The minimum absolute atomic E-state index is 0.115. The number of piperazine rings is 1. The number of hydrogen-bond acceptors (Lipinski definition) is 7. The van der Waals surface area contributed by atoms with Crippen molar-refractivity contribution in [3.05, 3.63) is 53.7 Å². The zero-order chi connectivity index (χ0) is 19.2. The van der Waals surface area contributed by atoms with Crippen molar-refractivity contribution in [1.82, 2.24) is 14.8 Å². The monoisotopic (exact) mass is 374 g/mol. The van der Waals surface area contributed by atoms with Gasteiger partial charge in [-0.05, 0) is 5.56 Å². The van der Waals surface area contributed by atoms with E-state index in [2.05, 4.69) is 4.98 Å². The van der Waals surface area contributed by atoms with Gasteiger partial charge in [0.25, 0.3) is 5.91 Å². The summed E-state index contributed by atoms with van der Waals surface area (Å²) >= 11 is 0. The first-order valence-electron chi connectivity index (χ1n) is 8.65. The molecule has 1 atom stereocenters. The van der Waals surface area contributed by atoms with E-state index in [0.29, 0.717) is 26.2 Å². The first-order valence-corrected chi connectivity index (χ1v) is 8.65. The van der Waals surface area contributed by atoms with E-state index in [1.807, 2.05) is 30.3 Å². The van der Waals surface area contributed by atoms with Gasteiger partial charge in [-0.1, -0.05) is 30.3 Å². The predicted octanol–water partition coefficient (Wildman–Crippen LogP) is 0.761. The molecule has 9 heteroatoms. The molecule has 0 bridgehead atoms. The van der Waals surface area contributed by atoms with Crippen molar-refractivity contribution in [2.45, 2.75) is 12.6 Å². The van der Waals surface area contributed by atoms with E-state index in [0.717, 1.165) is 5.56 Å². The molecule has 0 aliphatic carbocycles. The largest absolute Gasteiger partial charge is 0.446 e. The van der Waals surface area contributed by atoms with Crippen molar-refractivity contribution in [3.8, 4) is 0 Å². The van der Waals surface area contributed by atoms with Crippen molar-refractivity contribution in [3.63, 3.8) is 0 Å². The molecule has 0 radical (unpaired) electrons. The molecule has 144 valence electrons. The molecule has 1 aliphatic rings. The number of benzene rings is 1. The number of aromatic nitrogens is 1. The summed E-state index contributed by atoms with van der Waals surface area (Å²) in [6.45, 7) is 1.38. The molecule has 1 fully saturated rings. The number of nitrogens with two attached hydrogens (primary N) is 1. The number of hydrogen-bond donors (Lipinski definition) is 2. The lowest BCUT2D eigenvalue weighted by Gasteiger charge is -2.33. The van der Waals surface area contributed by atoms with E-state index in [4.69, 9.17) is 20.0 Å². The van der Waals surface area contributed by atoms with Gasteiger partial charge in [-0.3, -0.25) is 4.79 Å². The highest BCUT2D eigenvalue weighted by molar-refractivity contribution is 5.92. The first kappa shape index (κ1) is 18.9. The number of amides is 2. The second-order valence-corrected chi connectivity index (χ2v) is 6.18. The topological polar surface area (TPSA) is 122 Å². The number of nitrogens with zero attached hydrogens (tertiary/aromatic N) is 3. The van der Waals surface area contributed by atoms with Crippen LogP contribution in [0.2, 0.25) is 0 Å². The molecule has 3 rings (SSSR count). The fraction of sp³-hybridized carbons (Fsp3) is 0.389. The van der Waals surface area contributed by atoms with Gasteiger partial charge in [0.05, 0.1) is 6.61 Å². The fourth-order valence-electron chi connectivity index (χ4n) is 2.70. The van der Waals surface area contributed by atoms with Gasteiger partial charge >= 0.3 is 6.09 Å². The Labute approximate surface area is 156 Å². The fourth-order valence-corrected chi connectivity index (χ4v) is 2.70. The number of rotatable bonds is 5. The SMILES string of the molecule is NC(CO)c1nc(C(=O)N2CCN(C(=O)OCc3ccccc3)CC2)co1. The molecule has 1 aliphatic heterocycles. The van der Waals surface area contributed by atoms with Crippen LogP contribution in [0.3, 0.4) is 0 Å². The van der Waals surface area contributed by atoms with Gasteiger partial charge in [0, 0.05) is 26.2 Å². The normalized spacial score (nSPS) is 15.5. The summed E-state index contributed by atoms with van der Waals surface area (Å²) in [5, 5.41) is 9.01. The van der Waals surface area contributed by atoms with Crippen LogP contribution in [0.4, 0.5) is 4.79 Å². The molecule has 9 nitrogen and oxygen atoms in total. The molecular formula is C18H22N4O5. The molecule has 27 heavy (non-hydrogen) atoms. The number of aliphatic hydroxyl groups excluding tert-OH is 1. The van der Waals surface area contributed by atoms with E-state index in [-0.39, 0.29) is 30.7 Å². The summed E-state index contributed by atoms with van der Waals surface area (Å²) in [6.07, 6.45) is 0.830. The van der Waals surface area contributed by atoms with Crippen LogP contribution in [0.1, 0.15) is 28.0 Å². The van der Waals surface area contributed by atoms with E-state index in [1.165, 1.54) is 6.26 Å². The minimum Gasteiger partial charge on any atom is -0.446 e. The molecule has 0 saturated carbocycles. The zero-order valence-electron chi connectivity index (χ0n) is 14.8. The molecular weight excluding hydrogens is 352 g/mol. The lowest BCUT2D eigenvalue weighted by atomic mass is 10.2. The Morgan fingerprint density at radius 1 is 1.19 bits per heavy atom. The Morgan fingerprint density at radius 2 is 1.85 bits per heavy atom. The maximum absolute atomic E-state index is 12.5. The third kappa shape index (κ3) is 4.63. The molecule has 0 spiro atoms. The van der Waals surface area contributed by atoms with Gasteiger partial charge in [-0.2, -0.15) is 0 Å². The maximum Gasteiger partial charge on any atom is 0.410 e. The van der Waals surface area contributed by atoms with Crippen LogP contribution in [0.5, 0.6) is 0 Å². The minimum atomic E-state index is -0.761. The summed E-state index contributed by atoms with van der Waals surface area (Å²) in [6, 6.07) is 8.68. The van der Waals surface area contributed by atoms with E-state index in [1.54, 1.807) is 9.80 Å². The lowest BCUT2D eigenvalue weighted by molar-refractivity contribution is 0.0539. The molecule has 2 amide bonds. The number of ether oxygens (including phenoxy) is 1. The molecule has 2 heterocycles. The second-order valence-electron chi connectivity index (χ2n) is 6.18. The Bertz CT molecular complexity index is 771. The summed E-state index contributed by atoms with van der Waals surface area (Å²) in [5.41, 5.74) is 6.67. The van der Waals surface area contributed by atoms with Gasteiger partial charge in [0.2, 0.25) is 5.89 Å². The molecule has 1 aromatic heterocycles. The standard InChI is InChI=1S/C18H22N4O5/c19-14(10-23)16-20-15(12-26-16)17(24)21-6-8-22(9-7-21)18(25)27-11-13-4-2-1-3-5-13/h1-5,12,14,23H,6-11,19H2. The summed E-state index contributed by atoms with van der Waals surface area (Å²) in [4.78, 5) is 31.8. The van der Waals surface area contributed by atoms with Crippen molar-refractivity contribution in [2.24, 2.45) is 5.73 Å². The average Bonchev–Trinajstić information content (AvgIpc) is 3.22. The van der Waals surface area contributed by atoms with E-state index in [9.17, 15) is 9.59 Å². The molecule has 1 saturated heterocycles. The van der Waals surface area contributed by atoms with E-state index >= 15 is 0 Å². The van der Waals surface area contributed by atoms with Gasteiger partial charge in [0.1, 0.15) is 18.9 Å². The lowest BCUT2D eigenvalue weighted by Crippen LogP contribution is -2.50. The zero-order valence-corrected chi connectivity index (χ0v) is 14.8. The molecule has 2 aromatic rings. The third-order valence-corrected chi connectivity index (χ3v) is 4.29. The van der Waals surface area contributed by atoms with Crippen LogP contribution in [0.15, 0.2) is 41.0 Å². The number of carbonyl (C=O) groups excluding carboxylic acids is 2. The van der Waals surface area contributed by atoms with Crippen molar-refractivity contribution in [1.29, 1.82) is 0 Å². The Kier molecular flexibility index (Phi) is 6.05. The quantitative estimate of drug-likeness (QED) is 0.792. The van der Waals surface area contributed by atoms with Gasteiger partial charge in [0.15, 0.2) is 5.69 Å². The highest BCUT2D eigenvalue weighted by atomic mass is 16.6. The Morgan fingerprint density at radius 3 is 2.52 bits per heavy atom. The van der Waals surface area contributed by atoms with Crippen LogP contribution in [-0.2, 0) is 11.3 Å². The second kappa shape index (κ2) is 8.65. The summed E-state index contributed by atoms with van der Waals surface area (Å²) in [7, 11) is 0. The first-order chi connectivity index (χ1) is 13.1. The third-order valence-electron chi connectivity index (χ3n) is 4.29. The summed E-state index contributed by atoms with van der Waals surface area (Å²) < 4.78 is 10.4. The maximum atomic E-state index is 12.5. The molecule has 3 N–H and O–H groups in total. The van der Waals surface area contributed by atoms with E-state index < -0.39 is 12.1 Å². The number of oxazole rings is 1. The van der Waals surface area contributed by atoms with Crippen LogP contribution in [0.25, 0.3) is 0 Å². The highest BCUT2D eigenvalue weighted by Crippen LogP contribution is 2.13. The number of carbonyl (C=O) groups is 2. The van der Waals surface area contributed by atoms with Gasteiger partial charge < -0.3 is 29.8 Å². The number of aliphatic hydroxyl groups is 1. The highest BCUT2D eigenvalue weighted by Gasteiger charge is 2.27. The predicted molar refractivity (Wildman–Crippen MR) is 94.6 cm³/mol. The Balaban J connectivity index is 1.48. The van der Waals surface area contributed by atoms with Gasteiger partial charge in [-0.15, -0.1) is 0 Å². The Hall–Kier alpha value is -2.91. The van der Waals surface area contributed by atoms with Crippen molar-refractivity contribution >= 4 is 12.0 Å². The molecule has 1 aromatic carbocycles. The van der Waals surface area contributed by atoms with Gasteiger partial charge in [-0.25, -0.2) is 9.78 Å². The molecule has 1 unspecified atom stereocenters. The van der Waals surface area contributed by atoms with Crippen LogP contribution < -0.4 is 5.73 Å².